The maximum atomic E-state index is 13.3. The van der Waals surface area contributed by atoms with E-state index < -0.39 is 0 Å². The van der Waals surface area contributed by atoms with Crippen LogP contribution in [0.25, 0.3) is 0 Å². The monoisotopic (exact) mass is 355 g/mol. The quantitative estimate of drug-likeness (QED) is 0.757. The lowest BCUT2D eigenvalue weighted by Gasteiger charge is -2.52. The fourth-order valence-corrected chi connectivity index (χ4v) is 5.61. The molecule has 2 heteroatoms. The van der Waals surface area contributed by atoms with Crippen LogP contribution < -0.4 is 5.32 Å². The second-order valence-electron chi connectivity index (χ2n) is 8.34. The lowest BCUT2D eigenvalue weighted by Crippen LogP contribution is -2.46. The molecule has 2 nitrogen and oxygen atoms in total. The van der Waals surface area contributed by atoms with E-state index in [2.05, 4.69) is 79.9 Å². The molecule has 0 aliphatic heterocycles. The molecule has 0 saturated heterocycles. The summed E-state index contributed by atoms with van der Waals surface area (Å²) in [4.78, 5) is 13.3. The van der Waals surface area contributed by atoms with Gasteiger partial charge in [0.1, 0.15) is 0 Å². The molecular weight excluding hydrogens is 330 g/mol. The molecule has 0 aromatic heterocycles. The topological polar surface area (TPSA) is 29.1 Å². The van der Waals surface area contributed by atoms with Crippen LogP contribution >= 0.6 is 0 Å². The number of allylic oxidation sites excluding steroid dienone is 4. The van der Waals surface area contributed by atoms with E-state index in [0.29, 0.717) is 17.8 Å². The van der Waals surface area contributed by atoms with Gasteiger partial charge in [0.05, 0.1) is 0 Å². The molecule has 1 amide bonds. The number of hydrogen-bond acceptors (Lipinski definition) is 1. The van der Waals surface area contributed by atoms with E-state index in [0.717, 1.165) is 17.7 Å². The molecule has 4 aliphatic rings. The molecule has 5 atom stereocenters. The predicted octanol–water partition coefficient (Wildman–Crippen LogP) is 5.50. The molecule has 0 spiro atoms. The van der Waals surface area contributed by atoms with Crippen molar-refractivity contribution in [2.45, 2.75) is 32.1 Å². The van der Waals surface area contributed by atoms with Crippen LogP contribution in [0.3, 0.4) is 0 Å². The van der Waals surface area contributed by atoms with Crippen molar-refractivity contribution < 1.29 is 4.79 Å². The van der Waals surface area contributed by atoms with Crippen molar-refractivity contribution in [2.24, 2.45) is 17.8 Å². The van der Waals surface area contributed by atoms with Crippen molar-refractivity contribution in [3.05, 3.63) is 89.0 Å². The third kappa shape index (κ3) is 2.58. The van der Waals surface area contributed by atoms with Gasteiger partial charge in [-0.25, -0.2) is 0 Å². The van der Waals surface area contributed by atoms with Crippen molar-refractivity contribution in [3.8, 4) is 0 Å². The summed E-state index contributed by atoms with van der Waals surface area (Å²) in [6.45, 7) is 4.15. The molecule has 2 aromatic carbocycles. The normalized spacial score (nSPS) is 29.9. The molecular formula is C25H25NO. The summed E-state index contributed by atoms with van der Waals surface area (Å²) in [5.41, 5.74) is 6.13. The number of aryl methyl sites for hydroxylation is 2. The number of amides is 1. The largest absolute Gasteiger partial charge is 0.326 e. The van der Waals surface area contributed by atoms with Crippen molar-refractivity contribution in [1.82, 2.24) is 0 Å². The highest BCUT2D eigenvalue weighted by molar-refractivity contribution is 5.94. The van der Waals surface area contributed by atoms with E-state index in [1.807, 2.05) is 6.07 Å². The standard InChI is InChI=1S/C25H25NO/c1-15-11-12-23(16(2)13-15)26-25(27)22-14-21-17-7-3-5-9-19(17)24(22)20-10-6-4-8-18(20)21/h3-13,17,19,21-22,24H,14H2,1-2H3,(H,26,27)/t17-,19-,21-,22-,24-/m0/s1. The molecule has 1 saturated carbocycles. The summed E-state index contributed by atoms with van der Waals surface area (Å²) >= 11 is 0. The third-order valence-electron chi connectivity index (χ3n) is 6.77. The number of hydrogen-bond donors (Lipinski definition) is 1. The molecule has 136 valence electrons. The lowest BCUT2D eigenvalue weighted by atomic mass is 9.51. The number of benzene rings is 2. The van der Waals surface area contributed by atoms with Crippen molar-refractivity contribution in [2.75, 3.05) is 5.32 Å². The molecule has 27 heavy (non-hydrogen) atoms. The Hall–Kier alpha value is -2.61. The third-order valence-corrected chi connectivity index (χ3v) is 6.77. The van der Waals surface area contributed by atoms with Gasteiger partial charge in [0, 0.05) is 17.5 Å². The maximum Gasteiger partial charge on any atom is 0.228 e. The van der Waals surface area contributed by atoms with Gasteiger partial charge in [0.25, 0.3) is 0 Å². The average Bonchev–Trinajstić information content (AvgIpc) is 2.70. The minimum Gasteiger partial charge on any atom is -0.326 e. The van der Waals surface area contributed by atoms with Crippen LogP contribution in [0, 0.1) is 31.6 Å². The van der Waals surface area contributed by atoms with Gasteiger partial charge in [0.15, 0.2) is 0 Å². The van der Waals surface area contributed by atoms with Gasteiger partial charge < -0.3 is 5.32 Å². The number of carbonyl (C=O) groups is 1. The Balaban J connectivity index is 1.50. The Labute approximate surface area is 161 Å². The molecule has 2 aromatic rings. The number of rotatable bonds is 2. The molecule has 1 N–H and O–H groups in total. The second kappa shape index (κ2) is 6.23. The van der Waals surface area contributed by atoms with Gasteiger partial charge in [-0.05, 0) is 60.8 Å². The number of nitrogens with one attached hydrogen (secondary N) is 1. The summed E-state index contributed by atoms with van der Waals surface area (Å²) in [6.07, 6.45) is 9.96. The Morgan fingerprint density at radius 3 is 2.48 bits per heavy atom. The zero-order chi connectivity index (χ0) is 18.5. The van der Waals surface area contributed by atoms with E-state index in [1.54, 1.807) is 0 Å². The van der Waals surface area contributed by atoms with Gasteiger partial charge in [-0.1, -0.05) is 66.3 Å². The smallest absolute Gasteiger partial charge is 0.228 e. The van der Waals surface area contributed by atoms with Gasteiger partial charge in [-0.3, -0.25) is 4.79 Å². The summed E-state index contributed by atoms with van der Waals surface area (Å²) in [6, 6.07) is 15.0. The zero-order valence-electron chi connectivity index (χ0n) is 15.9. The predicted molar refractivity (Wildman–Crippen MR) is 110 cm³/mol. The second-order valence-corrected chi connectivity index (χ2v) is 8.34. The van der Waals surface area contributed by atoms with Crippen LogP contribution in [0.5, 0.6) is 0 Å². The zero-order valence-corrected chi connectivity index (χ0v) is 15.9. The Bertz CT molecular complexity index is 970. The molecule has 6 rings (SSSR count). The molecule has 0 unspecified atom stereocenters. The lowest BCUT2D eigenvalue weighted by molar-refractivity contribution is -0.122. The highest BCUT2D eigenvalue weighted by Gasteiger charge is 2.51. The average molecular weight is 355 g/mol. The van der Waals surface area contributed by atoms with E-state index in [-0.39, 0.29) is 17.7 Å². The highest BCUT2D eigenvalue weighted by Crippen LogP contribution is 2.59. The summed E-state index contributed by atoms with van der Waals surface area (Å²) in [5, 5.41) is 3.24. The van der Waals surface area contributed by atoms with E-state index in [1.165, 1.54) is 16.7 Å². The van der Waals surface area contributed by atoms with E-state index in [9.17, 15) is 4.79 Å². The Kier molecular flexibility index (Phi) is 3.82. The van der Waals surface area contributed by atoms with Crippen LogP contribution in [0.2, 0.25) is 0 Å². The van der Waals surface area contributed by atoms with Crippen LogP contribution in [-0.2, 0) is 4.79 Å². The van der Waals surface area contributed by atoms with Crippen LogP contribution in [-0.4, -0.2) is 5.91 Å². The van der Waals surface area contributed by atoms with Gasteiger partial charge in [0.2, 0.25) is 5.91 Å². The van der Waals surface area contributed by atoms with Crippen molar-refractivity contribution >= 4 is 11.6 Å². The first kappa shape index (κ1) is 16.6. The summed E-state index contributed by atoms with van der Waals surface area (Å²) in [5.74, 6) is 1.87. The first-order valence-electron chi connectivity index (χ1n) is 9.95. The van der Waals surface area contributed by atoms with Gasteiger partial charge >= 0.3 is 0 Å². The minimum absolute atomic E-state index is 0.0306. The maximum absolute atomic E-state index is 13.3. The van der Waals surface area contributed by atoms with Crippen LogP contribution in [0.15, 0.2) is 66.8 Å². The Morgan fingerprint density at radius 1 is 0.963 bits per heavy atom. The fraction of sp³-hybridized carbons (Fsp3) is 0.320. The first-order valence-corrected chi connectivity index (χ1v) is 9.95. The number of anilines is 1. The SMILES string of the molecule is Cc1ccc(NC(=O)[C@H]2C[C@@H]3c4ccccc4[C@@H]2[C@H]2C=CC=C[C@@H]23)c(C)c1. The molecule has 4 aliphatic carbocycles. The molecule has 1 fully saturated rings. The van der Waals surface area contributed by atoms with Crippen LogP contribution in [0.4, 0.5) is 5.69 Å². The van der Waals surface area contributed by atoms with Crippen molar-refractivity contribution in [1.29, 1.82) is 0 Å². The molecule has 0 heterocycles. The van der Waals surface area contributed by atoms with Crippen molar-refractivity contribution in [3.63, 3.8) is 0 Å². The molecule has 2 bridgehead atoms. The van der Waals surface area contributed by atoms with E-state index in [4.69, 9.17) is 0 Å². The van der Waals surface area contributed by atoms with E-state index >= 15 is 0 Å². The van der Waals surface area contributed by atoms with Crippen LogP contribution in [0.1, 0.15) is 40.5 Å². The highest BCUT2D eigenvalue weighted by atomic mass is 16.1. The fourth-order valence-electron chi connectivity index (χ4n) is 5.61. The van der Waals surface area contributed by atoms with Gasteiger partial charge in [-0.15, -0.1) is 0 Å². The van der Waals surface area contributed by atoms with Gasteiger partial charge in [-0.2, -0.15) is 0 Å². The minimum atomic E-state index is 0.0306. The Morgan fingerprint density at radius 2 is 1.70 bits per heavy atom. The molecule has 0 radical (unpaired) electrons. The number of carbonyl (C=O) groups excluding carboxylic acids is 1. The first-order chi connectivity index (χ1) is 13.1. The number of fused-ring (bicyclic) bond motifs is 1. The summed E-state index contributed by atoms with van der Waals surface area (Å²) in [7, 11) is 0. The summed E-state index contributed by atoms with van der Waals surface area (Å²) < 4.78 is 0.